The summed E-state index contributed by atoms with van der Waals surface area (Å²) in [5.41, 5.74) is 7.80. The van der Waals surface area contributed by atoms with Gasteiger partial charge in [0.15, 0.2) is 6.10 Å². The zero-order chi connectivity index (χ0) is 26.2. The minimum atomic E-state index is -0.883. The standard InChI is InChI=1S/C21H31N5O9/c1-11-13(24-12(2)25-19(28)35-21(3,4)5)9-14(18(27)30-6)33-16(11)17(31-8-7-23-26-22)15-10-32-20(29)34-15/h9,11,13,15-17H,7-8,10H2,1-6H3,(H,24,25,28)/t11-,13+,15-,16-,17-/m1/s1. The van der Waals surface area contributed by atoms with Crippen molar-refractivity contribution in [1.82, 2.24) is 5.32 Å². The highest BCUT2D eigenvalue weighted by molar-refractivity contribution is 5.91. The van der Waals surface area contributed by atoms with Crippen LogP contribution in [0.2, 0.25) is 0 Å². The molecule has 0 aromatic carbocycles. The van der Waals surface area contributed by atoms with Gasteiger partial charge in [-0.2, -0.15) is 4.99 Å². The van der Waals surface area contributed by atoms with Crippen molar-refractivity contribution in [2.24, 2.45) is 16.0 Å². The Kier molecular flexibility index (Phi) is 9.72. The number of azide groups is 1. The van der Waals surface area contributed by atoms with Crippen molar-refractivity contribution in [1.29, 1.82) is 0 Å². The molecule has 2 heterocycles. The summed E-state index contributed by atoms with van der Waals surface area (Å²) in [6.45, 7) is 8.50. The fourth-order valence-corrected chi connectivity index (χ4v) is 3.46. The van der Waals surface area contributed by atoms with Crippen molar-refractivity contribution in [3.63, 3.8) is 0 Å². The number of amidine groups is 1. The zero-order valence-electron chi connectivity index (χ0n) is 20.5. The Bertz CT molecular complexity index is 907. The Labute approximate surface area is 202 Å². The first-order valence-electron chi connectivity index (χ1n) is 10.9. The van der Waals surface area contributed by atoms with Gasteiger partial charge in [0.2, 0.25) is 5.76 Å². The molecule has 2 aliphatic heterocycles. The first-order chi connectivity index (χ1) is 16.4. The number of hydrogen-bond donors (Lipinski definition) is 1. The molecule has 5 atom stereocenters. The molecule has 194 valence electrons. The molecule has 0 bridgehead atoms. The number of carbonyl (C=O) groups is 3. The average molecular weight is 498 g/mol. The maximum atomic E-state index is 12.3. The number of aliphatic imine (C=N–C) groups is 1. The van der Waals surface area contributed by atoms with Gasteiger partial charge >= 0.3 is 18.2 Å². The number of rotatable bonds is 8. The van der Waals surface area contributed by atoms with Crippen LogP contribution >= 0.6 is 0 Å². The van der Waals surface area contributed by atoms with Gasteiger partial charge in [-0.15, -0.1) is 0 Å². The van der Waals surface area contributed by atoms with Crippen LogP contribution in [-0.2, 0) is 33.2 Å². The Morgan fingerprint density at radius 2 is 2.06 bits per heavy atom. The smallest absolute Gasteiger partial charge is 0.480 e. The molecule has 1 amide bonds. The molecule has 1 fully saturated rings. The van der Waals surface area contributed by atoms with Crippen LogP contribution in [0, 0.1) is 5.92 Å². The molecular formula is C21H31N5O9. The van der Waals surface area contributed by atoms with Crippen LogP contribution in [0.5, 0.6) is 0 Å². The lowest BCUT2D eigenvalue weighted by Gasteiger charge is -2.40. The Morgan fingerprint density at radius 1 is 1.34 bits per heavy atom. The van der Waals surface area contributed by atoms with Crippen LogP contribution < -0.4 is 5.32 Å². The van der Waals surface area contributed by atoms with Crippen LogP contribution in [-0.4, -0.2) is 80.9 Å². The number of ether oxygens (including phenoxy) is 6. The van der Waals surface area contributed by atoms with E-state index in [1.54, 1.807) is 27.7 Å². The number of carbonyl (C=O) groups excluding carboxylic acids is 3. The molecule has 0 spiro atoms. The van der Waals surface area contributed by atoms with E-state index in [1.807, 2.05) is 6.92 Å². The van der Waals surface area contributed by atoms with Crippen LogP contribution in [0.4, 0.5) is 9.59 Å². The van der Waals surface area contributed by atoms with E-state index < -0.39 is 54.1 Å². The summed E-state index contributed by atoms with van der Waals surface area (Å²) in [6.07, 6.45) is -2.67. The minimum absolute atomic E-state index is 0.00382. The monoisotopic (exact) mass is 497 g/mol. The number of nitrogens with zero attached hydrogens (tertiary/aromatic N) is 4. The van der Waals surface area contributed by atoms with Gasteiger partial charge in [-0.1, -0.05) is 12.0 Å². The summed E-state index contributed by atoms with van der Waals surface area (Å²) in [7, 11) is 1.21. The lowest BCUT2D eigenvalue weighted by Crippen LogP contribution is -2.54. The normalized spacial score (nSPS) is 25.1. The quantitative estimate of drug-likeness (QED) is 0.0765. The first-order valence-corrected chi connectivity index (χ1v) is 10.9. The SMILES string of the molecule is COC(=O)C1=C[C@H](N/C(C)=N\C(=O)OC(C)(C)C)[C@@H](C)[C@H]([C@H](OCCN=[N+]=[N-])[C@H]2COC(=O)O2)O1. The second kappa shape index (κ2) is 12.3. The van der Waals surface area contributed by atoms with E-state index in [0.29, 0.717) is 0 Å². The Hall–Kier alpha value is -3.51. The summed E-state index contributed by atoms with van der Waals surface area (Å²) in [6, 6.07) is -0.560. The molecule has 1 N–H and O–H groups in total. The fourth-order valence-electron chi connectivity index (χ4n) is 3.46. The molecule has 0 saturated carbocycles. The third-order valence-corrected chi connectivity index (χ3v) is 4.96. The molecule has 2 rings (SSSR count). The third kappa shape index (κ3) is 8.34. The van der Waals surface area contributed by atoms with E-state index in [0.717, 1.165) is 0 Å². The molecule has 14 nitrogen and oxygen atoms in total. The van der Waals surface area contributed by atoms with E-state index >= 15 is 0 Å². The van der Waals surface area contributed by atoms with Gasteiger partial charge in [0, 0.05) is 17.4 Å². The van der Waals surface area contributed by atoms with Crippen LogP contribution in [0.25, 0.3) is 10.4 Å². The first kappa shape index (κ1) is 27.7. The van der Waals surface area contributed by atoms with Gasteiger partial charge in [-0.25, -0.2) is 14.4 Å². The van der Waals surface area contributed by atoms with E-state index in [-0.39, 0.29) is 31.4 Å². The average Bonchev–Trinajstić information content (AvgIpc) is 3.19. The van der Waals surface area contributed by atoms with E-state index in [9.17, 15) is 14.4 Å². The van der Waals surface area contributed by atoms with Crippen molar-refractivity contribution >= 4 is 24.1 Å². The molecule has 0 aliphatic carbocycles. The van der Waals surface area contributed by atoms with Crippen molar-refractivity contribution in [2.75, 3.05) is 26.9 Å². The predicted octanol–water partition coefficient (Wildman–Crippen LogP) is 2.62. The minimum Gasteiger partial charge on any atom is -0.480 e. The number of cyclic esters (lactones) is 2. The highest BCUT2D eigenvalue weighted by Crippen LogP contribution is 2.31. The van der Waals surface area contributed by atoms with Gasteiger partial charge < -0.3 is 33.7 Å². The highest BCUT2D eigenvalue weighted by Gasteiger charge is 2.46. The van der Waals surface area contributed by atoms with Gasteiger partial charge in [-0.3, -0.25) is 0 Å². The molecule has 0 radical (unpaired) electrons. The third-order valence-electron chi connectivity index (χ3n) is 4.96. The number of methoxy groups -OCH3 is 1. The van der Waals surface area contributed by atoms with Gasteiger partial charge in [0.25, 0.3) is 0 Å². The molecule has 35 heavy (non-hydrogen) atoms. The van der Waals surface area contributed by atoms with Crippen LogP contribution in [0.15, 0.2) is 21.9 Å². The van der Waals surface area contributed by atoms with E-state index in [2.05, 4.69) is 20.3 Å². The van der Waals surface area contributed by atoms with Crippen LogP contribution in [0.1, 0.15) is 34.6 Å². The molecule has 0 aromatic heterocycles. The van der Waals surface area contributed by atoms with Gasteiger partial charge in [-0.05, 0) is 39.3 Å². The molecule has 14 heteroatoms. The van der Waals surface area contributed by atoms with Gasteiger partial charge in [0.1, 0.15) is 30.3 Å². The Morgan fingerprint density at radius 3 is 2.63 bits per heavy atom. The summed E-state index contributed by atoms with van der Waals surface area (Å²) < 4.78 is 31.9. The van der Waals surface area contributed by atoms with Crippen molar-refractivity contribution in [3.8, 4) is 0 Å². The van der Waals surface area contributed by atoms with Crippen molar-refractivity contribution in [2.45, 2.75) is 64.6 Å². The Balaban J connectivity index is 2.30. The summed E-state index contributed by atoms with van der Waals surface area (Å²) in [5.74, 6) is -0.986. The van der Waals surface area contributed by atoms with Crippen molar-refractivity contribution in [3.05, 3.63) is 22.3 Å². The topological polar surface area (TPSA) is 180 Å². The maximum Gasteiger partial charge on any atom is 0.508 e. The summed E-state index contributed by atoms with van der Waals surface area (Å²) in [4.78, 5) is 42.5. The molecule has 1 saturated heterocycles. The second-order valence-electron chi connectivity index (χ2n) is 8.82. The van der Waals surface area contributed by atoms with E-state index in [4.69, 9.17) is 34.0 Å². The van der Waals surface area contributed by atoms with Gasteiger partial charge in [0.05, 0.1) is 19.8 Å². The van der Waals surface area contributed by atoms with E-state index in [1.165, 1.54) is 13.2 Å². The number of esters is 1. The summed E-state index contributed by atoms with van der Waals surface area (Å²) >= 11 is 0. The van der Waals surface area contributed by atoms with Crippen LogP contribution in [0.3, 0.4) is 0 Å². The summed E-state index contributed by atoms with van der Waals surface area (Å²) in [5, 5.41) is 6.51. The number of nitrogens with one attached hydrogen (secondary N) is 1. The molecule has 0 aromatic rings. The number of amides is 1. The van der Waals surface area contributed by atoms with Crippen molar-refractivity contribution < 1.29 is 42.8 Å². The second-order valence-corrected chi connectivity index (χ2v) is 8.82. The molecule has 2 aliphatic rings. The largest absolute Gasteiger partial charge is 0.508 e. The predicted molar refractivity (Wildman–Crippen MR) is 120 cm³/mol. The lowest BCUT2D eigenvalue weighted by atomic mass is 9.87. The lowest BCUT2D eigenvalue weighted by molar-refractivity contribution is -0.152. The number of hydrogen-bond acceptors (Lipinski definition) is 10. The molecule has 0 unspecified atom stereocenters. The molecular weight excluding hydrogens is 466 g/mol. The maximum absolute atomic E-state index is 12.3. The zero-order valence-corrected chi connectivity index (χ0v) is 20.5. The highest BCUT2D eigenvalue weighted by atomic mass is 16.8. The fraction of sp³-hybridized carbons (Fsp3) is 0.714.